The summed E-state index contributed by atoms with van der Waals surface area (Å²) in [5.74, 6) is 0.224. The molecule has 6 nitrogen and oxygen atoms in total. The predicted molar refractivity (Wildman–Crippen MR) is 86.6 cm³/mol. The minimum atomic E-state index is -4.68. The van der Waals surface area contributed by atoms with Crippen LogP contribution in [0.15, 0.2) is 53.3 Å². The third-order valence-corrected chi connectivity index (χ3v) is 3.50. The fourth-order valence-electron chi connectivity index (χ4n) is 2.37. The molecule has 2 N–H and O–H groups in total. The Morgan fingerprint density at radius 2 is 2.00 bits per heavy atom. The first-order valence-corrected chi connectivity index (χ1v) is 7.42. The molecule has 0 aliphatic carbocycles. The smallest absolute Gasteiger partial charge is 0.429 e. The number of methoxy groups -OCH3 is 1. The predicted octanol–water partition coefficient (Wildman–Crippen LogP) is 4.01. The Bertz CT molecular complexity index is 882. The van der Waals surface area contributed by atoms with E-state index in [9.17, 15) is 13.2 Å². The van der Waals surface area contributed by atoms with Crippen molar-refractivity contribution in [3.05, 3.63) is 54.4 Å². The van der Waals surface area contributed by atoms with E-state index < -0.39 is 12.3 Å². The Hall–Kier alpha value is -3.23. The van der Waals surface area contributed by atoms with Gasteiger partial charge in [-0.3, -0.25) is 0 Å². The van der Waals surface area contributed by atoms with Gasteiger partial charge in [0.05, 0.1) is 18.9 Å². The molecule has 2 heterocycles. The molecule has 0 radical (unpaired) electrons. The lowest BCUT2D eigenvalue weighted by Crippen LogP contribution is -2.26. The summed E-state index contributed by atoms with van der Waals surface area (Å²) in [4.78, 5) is 7.28. The zero-order valence-corrected chi connectivity index (χ0v) is 13.5. The van der Waals surface area contributed by atoms with Gasteiger partial charge in [0.15, 0.2) is 0 Å². The Labute approximate surface area is 146 Å². The van der Waals surface area contributed by atoms with Gasteiger partial charge in [-0.1, -0.05) is 6.07 Å². The lowest BCUT2D eigenvalue weighted by Gasteiger charge is -2.22. The molecule has 0 aliphatic heterocycles. The van der Waals surface area contributed by atoms with Crippen LogP contribution >= 0.6 is 0 Å². The number of nitrogens with two attached hydrogens (primary N) is 1. The lowest BCUT2D eigenvalue weighted by atomic mass is 10.0. The largest absolute Gasteiger partial charge is 0.496 e. The van der Waals surface area contributed by atoms with E-state index in [1.807, 2.05) is 0 Å². The maximum atomic E-state index is 13.5. The summed E-state index contributed by atoms with van der Waals surface area (Å²) in [5, 5.41) is 0. The molecule has 0 saturated heterocycles. The van der Waals surface area contributed by atoms with Crippen LogP contribution in [0.5, 0.6) is 11.6 Å². The number of hydrogen-bond acceptors (Lipinski definition) is 6. The molecule has 9 heteroatoms. The molecule has 0 spiro atoms. The van der Waals surface area contributed by atoms with Gasteiger partial charge < -0.3 is 19.6 Å². The minimum absolute atomic E-state index is 0.151. The van der Waals surface area contributed by atoms with E-state index in [1.165, 1.54) is 43.8 Å². The fraction of sp³-hybridized carbons (Fsp3) is 0.176. The van der Waals surface area contributed by atoms with Crippen molar-refractivity contribution in [2.75, 3.05) is 12.8 Å². The van der Waals surface area contributed by atoms with Gasteiger partial charge in [-0.25, -0.2) is 4.98 Å². The summed E-state index contributed by atoms with van der Waals surface area (Å²) in [5.41, 5.74) is 5.76. The normalized spacial score (nSPS) is 12.6. The topological polar surface area (TPSA) is 83.4 Å². The van der Waals surface area contributed by atoms with Crippen molar-refractivity contribution in [1.29, 1.82) is 0 Å². The Morgan fingerprint density at radius 1 is 1.19 bits per heavy atom. The molecule has 0 bridgehead atoms. The van der Waals surface area contributed by atoms with Gasteiger partial charge in [-0.2, -0.15) is 18.2 Å². The van der Waals surface area contributed by atoms with Gasteiger partial charge in [-0.15, -0.1) is 0 Å². The van der Waals surface area contributed by atoms with E-state index in [-0.39, 0.29) is 23.1 Å². The van der Waals surface area contributed by atoms with Crippen molar-refractivity contribution in [3.8, 4) is 23.0 Å². The first-order valence-electron chi connectivity index (χ1n) is 7.42. The van der Waals surface area contributed by atoms with Crippen LogP contribution in [-0.4, -0.2) is 23.3 Å². The average Bonchev–Trinajstić information content (AvgIpc) is 3.12. The first-order chi connectivity index (χ1) is 12.4. The minimum Gasteiger partial charge on any atom is -0.496 e. The molecule has 0 aliphatic rings. The number of ether oxygens (including phenoxy) is 2. The summed E-state index contributed by atoms with van der Waals surface area (Å²) in [6.45, 7) is 0. The zero-order chi connectivity index (χ0) is 18.7. The van der Waals surface area contributed by atoms with E-state index in [2.05, 4.69) is 9.97 Å². The second kappa shape index (κ2) is 6.95. The first kappa shape index (κ1) is 17.6. The van der Waals surface area contributed by atoms with Crippen LogP contribution in [-0.2, 0) is 0 Å². The van der Waals surface area contributed by atoms with Crippen LogP contribution in [0.2, 0.25) is 0 Å². The third-order valence-electron chi connectivity index (χ3n) is 3.50. The molecule has 136 valence electrons. The molecular weight excluding hydrogens is 351 g/mol. The van der Waals surface area contributed by atoms with Crippen molar-refractivity contribution in [3.63, 3.8) is 0 Å². The average molecular weight is 365 g/mol. The molecule has 1 atom stereocenters. The SMILES string of the molecule is COc1cc(C(Oc2ccnc(N)n2)C(F)(F)F)ccc1-c1ccco1. The summed E-state index contributed by atoms with van der Waals surface area (Å²) in [7, 11) is 1.36. The fourth-order valence-corrected chi connectivity index (χ4v) is 2.37. The zero-order valence-electron chi connectivity index (χ0n) is 13.5. The number of furan rings is 1. The third kappa shape index (κ3) is 3.71. The second-order valence-electron chi connectivity index (χ2n) is 5.23. The van der Waals surface area contributed by atoms with E-state index in [0.29, 0.717) is 11.3 Å². The quantitative estimate of drug-likeness (QED) is 0.736. The lowest BCUT2D eigenvalue weighted by molar-refractivity contribution is -0.198. The van der Waals surface area contributed by atoms with Gasteiger partial charge in [0.2, 0.25) is 17.9 Å². The molecule has 3 rings (SSSR count). The maximum Gasteiger partial charge on any atom is 0.429 e. The molecule has 0 amide bonds. The number of benzene rings is 1. The monoisotopic (exact) mass is 365 g/mol. The molecule has 3 aromatic rings. The Kier molecular flexibility index (Phi) is 4.70. The van der Waals surface area contributed by atoms with Gasteiger partial charge in [0, 0.05) is 17.8 Å². The van der Waals surface area contributed by atoms with E-state index >= 15 is 0 Å². The van der Waals surface area contributed by atoms with Crippen molar-refractivity contribution in [2.24, 2.45) is 0 Å². The Balaban J connectivity index is 1.99. The molecule has 2 aromatic heterocycles. The standard InChI is InChI=1S/C17H14F3N3O3/c1-24-13-9-10(4-5-11(13)12-3-2-8-25-12)15(17(18,19)20)26-14-6-7-22-16(21)23-14/h2-9,15H,1H3,(H2,21,22,23). The highest BCUT2D eigenvalue weighted by Crippen LogP contribution is 2.40. The molecule has 1 aromatic carbocycles. The van der Waals surface area contributed by atoms with E-state index in [1.54, 1.807) is 12.1 Å². The summed E-state index contributed by atoms with van der Waals surface area (Å²) in [6.07, 6.45) is -4.26. The second-order valence-corrected chi connectivity index (χ2v) is 5.23. The van der Waals surface area contributed by atoms with Crippen LogP contribution in [0.3, 0.4) is 0 Å². The van der Waals surface area contributed by atoms with Gasteiger partial charge in [0.25, 0.3) is 0 Å². The number of aromatic nitrogens is 2. The highest BCUT2D eigenvalue weighted by molar-refractivity contribution is 5.66. The summed E-state index contributed by atoms with van der Waals surface area (Å²) in [6, 6.07) is 8.57. The van der Waals surface area contributed by atoms with E-state index in [0.717, 1.165) is 0 Å². The number of alkyl halides is 3. The van der Waals surface area contributed by atoms with E-state index in [4.69, 9.17) is 19.6 Å². The number of nitrogen functional groups attached to an aromatic ring is 1. The van der Waals surface area contributed by atoms with Crippen molar-refractivity contribution in [1.82, 2.24) is 9.97 Å². The van der Waals surface area contributed by atoms with Crippen LogP contribution in [0.1, 0.15) is 11.7 Å². The van der Waals surface area contributed by atoms with Crippen molar-refractivity contribution < 1.29 is 27.1 Å². The summed E-state index contributed by atoms with van der Waals surface area (Å²) >= 11 is 0. The van der Waals surface area contributed by atoms with Gasteiger partial charge in [-0.05, 0) is 24.3 Å². The number of rotatable bonds is 5. The highest BCUT2D eigenvalue weighted by atomic mass is 19.4. The number of nitrogens with zero attached hydrogens (tertiary/aromatic N) is 2. The number of hydrogen-bond donors (Lipinski definition) is 1. The van der Waals surface area contributed by atoms with Crippen LogP contribution in [0.25, 0.3) is 11.3 Å². The van der Waals surface area contributed by atoms with Gasteiger partial charge in [0.1, 0.15) is 11.5 Å². The molecule has 26 heavy (non-hydrogen) atoms. The molecule has 0 saturated carbocycles. The Morgan fingerprint density at radius 3 is 2.62 bits per heavy atom. The number of anilines is 1. The van der Waals surface area contributed by atoms with Crippen molar-refractivity contribution >= 4 is 5.95 Å². The van der Waals surface area contributed by atoms with Crippen LogP contribution < -0.4 is 15.2 Å². The summed E-state index contributed by atoms with van der Waals surface area (Å²) < 4.78 is 56.2. The van der Waals surface area contributed by atoms with Crippen molar-refractivity contribution in [2.45, 2.75) is 12.3 Å². The number of halogens is 3. The van der Waals surface area contributed by atoms with Crippen LogP contribution in [0, 0.1) is 0 Å². The van der Waals surface area contributed by atoms with Gasteiger partial charge >= 0.3 is 6.18 Å². The molecule has 1 unspecified atom stereocenters. The van der Waals surface area contributed by atoms with Crippen LogP contribution in [0.4, 0.5) is 19.1 Å². The maximum absolute atomic E-state index is 13.5. The highest BCUT2D eigenvalue weighted by Gasteiger charge is 2.43. The molecular formula is C17H14F3N3O3. The molecule has 0 fully saturated rings.